The average molecular weight is 257 g/mol. The molecular formula is C13H23NO4. The Hall–Kier alpha value is -0.200. The predicted octanol–water partition coefficient (Wildman–Crippen LogP) is 0.315. The Morgan fingerprint density at radius 3 is 2.78 bits per heavy atom. The maximum atomic E-state index is 6.37. The van der Waals surface area contributed by atoms with Crippen molar-refractivity contribution in [2.75, 3.05) is 39.6 Å². The van der Waals surface area contributed by atoms with E-state index in [-0.39, 0.29) is 17.7 Å². The van der Waals surface area contributed by atoms with E-state index >= 15 is 0 Å². The third kappa shape index (κ3) is 2.56. The van der Waals surface area contributed by atoms with Crippen molar-refractivity contribution in [3.8, 4) is 0 Å². The highest BCUT2D eigenvalue weighted by molar-refractivity contribution is 4.95. The smallest absolute Gasteiger partial charge is 0.0962 e. The molecular weight excluding hydrogens is 234 g/mol. The summed E-state index contributed by atoms with van der Waals surface area (Å²) in [6.07, 6.45) is 3.05. The highest BCUT2D eigenvalue weighted by atomic mass is 16.6. The molecule has 0 aromatic rings. The zero-order valence-electron chi connectivity index (χ0n) is 10.8. The molecule has 0 aliphatic carbocycles. The van der Waals surface area contributed by atoms with E-state index in [1.807, 2.05) is 0 Å². The molecule has 5 nitrogen and oxygen atoms in total. The van der Waals surface area contributed by atoms with E-state index in [4.69, 9.17) is 24.7 Å². The van der Waals surface area contributed by atoms with Crippen molar-refractivity contribution in [3.05, 3.63) is 0 Å². The largest absolute Gasteiger partial charge is 0.378 e. The lowest BCUT2D eigenvalue weighted by molar-refractivity contribution is -0.132. The van der Waals surface area contributed by atoms with Gasteiger partial charge in [0.25, 0.3) is 0 Å². The van der Waals surface area contributed by atoms with Crippen LogP contribution < -0.4 is 5.73 Å². The average Bonchev–Trinajstić information content (AvgIpc) is 2.87. The van der Waals surface area contributed by atoms with Crippen molar-refractivity contribution in [2.24, 2.45) is 11.7 Å². The standard InChI is InChI=1S/C13H23NO4/c14-12(11-8-15-5-6-17-11)10-1-3-18-13(7-10)2-4-16-9-13/h10-12H,1-9,14H2. The minimum Gasteiger partial charge on any atom is -0.378 e. The Balaban J connectivity index is 1.60. The summed E-state index contributed by atoms with van der Waals surface area (Å²) in [5.74, 6) is 0.451. The van der Waals surface area contributed by atoms with E-state index in [0.717, 1.165) is 39.1 Å². The van der Waals surface area contributed by atoms with Gasteiger partial charge in [-0.05, 0) is 18.8 Å². The van der Waals surface area contributed by atoms with Crippen LogP contribution in [-0.4, -0.2) is 57.4 Å². The van der Waals surface area contributed by atoms with Gasteiger partial charge < -0.3 is 24.7 Å². The Morgan fingerprint density at radius 2 is 2.06 bits per heavy atom. The summed E-state index contributed by atoms with van der Waals surface area (Å²) in [5, 5.41) is 0. The van der Waals surface area contributed by atoms with Gasteiger partial charge in [-0.3, -0.25) is 0 Å². The van der Waals surface area contributed by atoms with E-state index in [1.165, 1.54) is 0 Å². The van der Waals surface area contributed by atoms with Crippen molar-refractivity contribution in [2.45, 2.75) is 37.0 Å². The third-order valence-corrected chi connectivity index (χ3v) is 4.41. The van der Waals surface area contributed by atoms with Gasteiger partial charge in [-0.1, -0.05) is 0 Å². The summed E-state index contributed by atoms with van der Waals surface area (Å²) < 4.78 is 22.6. The van der Waals surface area contributed by atoms with Crippen molar-refractivity contribution in [1.82, 2.24) is 0 Å². The molecule has 0 amide bonds. The Kier molecular flexibility index (Phi) is 3.86. The molecule has 3 saturated heterocycles. The molecule has 3 rings (SSSR count). The number of hydrogen-bond donors (Lipinski definition) is 1. The van der Waals surface area contributed by atoms with Crippen LogP contribution in [0.5, 0.6) is 0 Å². The first-order valence-corrected chi connectivity index (χ1v) is 6.96. The van der Waals surface area contributed by atoms with E-state index in [1.54, 1.807) is 0 Å². The number of rotatable bonds is 2. The molecule has 4 unspecified atom stereocenters. The van der Waals surface area contributed by atoms with Crippen molar-refractivity contribution in [3.63, 3.8) is 0 Å². The second-order valence-corrected chi connectivity index (χ2v) is 5.65. The van der Waals surface area contributed by atoms with Crippen molar-refractivity contribution >= 4 is 0 Å². The maximum absolute atomic E-state index is 6.37. The molecule has 3 aliphatic rings. The molecule has 4 atom stereocenters. The fourth-order valence-electron chi connectivity index (χ4n) is 3.29. The van der Waals surface area contributed by atoms with Crippen molar-refractivity contribution < 1.29 is 18.9 Å². The van der Waals surface area contributed by atoms with Gasteiger partial charge in [0.05, 0.1) is 38.1 Å². The van der Waals surface area contributed by atoms with Crippen molar-refractivity contribution in [1.29, 1.82) is 0 Å². The molecule has 0 bridgehead atoms. The summed E-state index contributed by atoms with van der Waals surface area (Å²) in [4.78, 5) is 0. The first-order valence-electron chi connectivity index (χ1n) is 6.96. The first kappa shape index (κ1) is 12.8. The van der Waals surface area contributed by atoms with Crippen LogP contribution in [-0.2, 0) is 18.9 Å². The highest BCUT2D eigenvalue weighted by Gasteiger charge is 2.43. The fourth-order valence-corrected chi connectivity index (χ4v) is 3.29. The molecule has 18 heavy (non-hydrogen) atoms. The second-order valence-electron chi connectivity index (χ2n) is 5.65. The van der Waals surface area contributed by atoms with E-state index in [0.29, 0.717) is 25.7 Å². The molecule has 0 saturated carbocycles. The minimum absolute atomic E-state index is 0.0428. The lowest BCUT2D eigenvalue weighted by Gasteiger charge is -2.41. The SMILES string of the molecule is NC(C1CCOC2(CCOC2)C1)C1COCCO1. The van der Waals surface area contributed by atoms with Crippen LogP contribution >= 0.6 is 0 Å². The van der Waals surface area contributed by atoms with E-state index in [2.05, 4.69) is 0 Å². The van der Waals surface area contributed by atoms with Crippen LogP contribution in [0.3, 0.4) is 0 Å². The lowest BCUT2D eigenvalue weighted by atomic mass is 9.80. The zero-order chi connectivity index (χ0) is 12.4. The summed E-state index contributed by atoms with van der Waals surface area (Å²) in [5.41, 5.74) is 6.30. The topological polar surface area (TPSA) is 62.9 Å². The van der Waals surface area contributed by atoms with Crippen LogP contribution in [0.2, 0.25) is 0 Å². The highest BCUT2D eigenvalue weighted by Crippen LogP contribution is 2.37. The maximum Gasteiger partial charge on any atom is 0.0962 e. The summed E-state index contributed by atoms with van der Waals surface area (Å²) in [7, 11) is 0. The first-order chi connectivity index (χ1) is 8.79. The van der Waals surface area contributed by atoms with E-state index in [9.17, 15) is 0 Å². The van der Waals surface area contributed by atoms with Crippen LogP contribution in [0.1, 0.15) is 19.3 Å². The molecule has 0 aromatic carbocycles. The lowest BCUT2D eigenvalue weighted by Crippen LogP contribution is -2.52. The molecule has 104 valence electrons. The summed E-state index contributed by atoms with van der Waals surface area (Å²) in [6, 6.07) is 0.0478. The van der Waals surface area contributed by atoms with Crippen LogP contribution in [0.25, 0.3) is 0 Å². The summed E-state index contributed by atoms with van der Waals surface area (Å²) in [6.45, 7) is 4.30. The van der Waals surface area contributed by atoms with Gasteiger partial charge in [0, 0.05) is 25.7 Å². The van der Waals surface area contributed by atoms with Gasteiger partial charge in [0.1, 0.15) is 0 Å². The Bertz CT molecular complexity index is 274. The van der Waals surface area contributed by atoms with Gasteiger partial charge in [0.2, 0.25) is 0 Å². The second kappa shape index (κ2) is 5.43. The van der Waals surface area contributed by atoms with Gasteiger partial charge in [0.15, 0.2) is 0 Å². The van der Waals surface area contributed by atoms with Crippen LogP contribution in [0, 0.1) is 5.92 Å². The molecule has 3 fully saturated rings. The Labute approximate surface area is 108 Å². The zero-order valence-corrected chi connectivity index (χ0v) is 10.8. The van der Waals surface area contributed by atoms with Crippen LogP contribution in [0.4, 0.5) is 0 Å². The van der Waals surface area contributed by atoms with Crippen LogP contribution in [0.15, 0.2) is 0 Å². The number of nitrogens with two attached hydrogens (primary N) is 1. The quantitative estimate of drug-likeness (QED) is 0.771. The number of ether oxygens (including phenoxy) is 4. The molecule has 2 N–H and O–H groups in total. The molecule has 3 heterocycles. The molecule has 0 radical (unpaired) electrons. The van der Waals surface area contributed by atoms with Gasteiger partial charge in [-0.2, -0.15) is 0 Å². The van der Waals surface area contributed by atoms with E-state index < -0.39 is 0 Å². The van der Waals surface area contributed by atoms with Gasteiger partial charge in [-0.25, -0.2) is 0 Å². The monoisotopic (exact) mass is 257 g/mol. The molecule has 3 aliphatic heterocycles. The predicted molar refractivity (Wildman–Crippen MR) is 65.4 cm³/mol. The van der Waals surface area contributed by atoms with Gasteiger partial charge in [-0.15, -0.1) is 0 Å². The fraction of sp³-hybridized carbons (Fsp3) is 1.00. The number of hydrogen-bond acceptors (Lipinski definition) is 5. The third-order valence-electron chi connectivity index (χ3n) is 4.41. The molecule has 1 spiro atoms. The normalized spacial score (nSPS) is 43.2. The summed E-state index contributed by atoms with van der Waals surface area (Å²) >= 11 is 0. The molecule has 0 aromatic heterocycles. The van der Waals surface area contributed by atoms with Gasteiger partial charge >= 0.3 is 0 Å². The Morgan fingerprint density at radius 1 is 1.11 bits per heavy atom. The molecule has 5 heteroatoms. The minimum atomic E-state index is -0.0734.